The van der Waals surface area contributed by atoms with Gasteiger partial charge < -0.3 is 14.6 Å². The van der Waals surface area contributed by atoms with Crippen molar-refractivity contribution in [3.05, 3.63) is 46.4 Å². The molecule has 1 N–H and O–H groups in total. The molecule has 0 heterocycles. The molecule has 2 aromatic rings. The standard InChI is InChI=1S/C17H19BrO3/c1-3-8-21-15-7-5-4-6-13(15)17-14(18)9-12(11-19)10-16(17)20-2/h4-7,9-10,19H,3,8,11H2,1-2H3. The van der Waals surface area contributed by atoms with E-state index in [2.05, 4.69) is 22.9 Å². The predicted molar refractivity (Wildman–Crippen MR) is 87.8 cm³/mol. The molecule has 0 saturated heterocycles. The van der Waals surface area contributed by atoms with Gasteiger partial charge in [-0.2, -0.15) is 0 Å². The van der Waals surface area contributed by atoms with Crippen molar-refractivity contribution in [2.45, 2.75) is 20.0 Å². The molecule has 4 heteroatoms. The molecule has 0 bridgehead atoms. The lowest BCUT2D eigenvalue weighted by Crippen LogP contribution is -1.99. The summed E-state index contributed by atoms with van der Waals surface area (Å²) in [4.78, 5) is 0. The lowest BCUT2D eigenvalue weighted by molar-refractivity contribution is 0.281. The molecule has 2 rings (SSSR count). The largest absolute Gasteiger partial charge is 0.496 e. The lowest BCUT2D eigenvalue weighted by Gasteiger charge is -2.16. The SMILES string of the molecule is CCCOc1ccccc1-c1c(Br)cc(CO)cc1OC. The van der Waals surface area contributed by atoms with Gasteiger partial charge in [-0.3, -0.25) is 0 Å². The van der Waals surface area contributed by atoms with Crippen LogP contribution in [-0.2, 0) is 6.61 Å². The Kier molecular flexibility index (Phi) is 5.65. The molecular formula is C17H19BrO3. The van der Waals surface area contributed by atoms with Crippen molar-refractivity contribution < 1.29 is 14.6 Å². The van der Waals surface area contributed by atoms with Crippen LogP contribution in [0.25, 0.3) is 11.1 Å². The fourth-order valence-corrected chi connectivity index (χ4v) is 2.86. The van der Waals surface area contributed by atoms with Crippen molar-refractivity contribution in [3.8, 4) is 22.6 Å². The van der Waals surface area contributed by atoms with Gasteiger partial charge in [0, 0.05) is 15.6 Å². The minimum absolute atomic E-state index is 0.0246. The zero-order valence-electron chi connectivity index (χ0n) is 12.2. The maximum atomic E-state index is 9.31. The van der Waals surface area contributed by atoms with E-state index in [4.69, 9.17) is 9.47 Å². The van der Waals surface area contributed by atoms with E-state index in [0.717, 1.165) is 33.3 Å². The van der Waals surface area contributed by atoms with Crippen LogP contribution in [0, 0.1) is 0 Å². The zero-order chi connectivity index (χ0) is 15.2. The second-order valence-electron chi connectivity index (χ2n) is 4.66. The molecule has 112 valence electrons. The molecule has 0 radical (unpaired) electrons. The van der Waals surface area contributed by atoms with Crippen molar-refractivity contribution in [2.24, 2.45) is 0 Å². The number of aliphatic hydroxyl groups is 1. The van der Waals surface area contributed by atoms with Crippen molar-refractivity contribution in [2.75, 3.05) is 13.7 Å². The van der Waals surface area contributed by atoms with Crippen molar-refractivity contribution in [3.63, 3.8) is 0 Å². The highest BCUT2D eigenvalue weighted by Crippen LogP contribution is 2.42. The number of ether oxygens (including phenoxy) is 2. The lowest BCUT2D eigenvalue weighted by atomic mass is 10.0. The van der Waals surface area contributed by atoms with Gasteiger partial charge in [-0.1, -0.05) is 41.1 Å². The fourth-order valence-electron chi connectivity index (χ4n) is 2.16. The number of hydrogen-bond donors (Lipinski definition) is 1. The van der Waals surface area contributed by atoms with Crippen molar-refractivity contribution in [1.82, 2.24) is 0 Å². The van der Waals surface area contributed by atoms with E-state index in [1.54, 1.807) is 7.11 Å². The second-order valence-corrected chi connectivity index (χ2v) is 5.51. The Morgan fingerprint density at radius 3 is 2.57 bits per heavy atom. The molecule has 2 aromatic carbocycles. The van der Waals surface area contributed by atoms with Crippen molar-refractivity contribution in [1.29, 1.82) is 0 Å². The summed E-state index contributed by atoms with van der Waals surface area (Å²) >= 11 is 3.57. The molecular weight excluding hydrogens is 332 g/mol. The first-order valence-electron chi connectivity index (χ1n) is 6.90. The Bertz CT molecular complexity index is 611. The Labute approximate surface area is 133 Å². The van der Waals surface area contributed by atoms with E-state index in [1.807, 2.05) is 36.4 Å². The van der Waals surface area contributed by atoms with Gasteiger partial charge in [0.05, 0.1) is 20.3 Å². The number of rotatable bonds is 6. The first-order valence-corrected chi connectivity index (χ1v) is 7.70. The van der Waals surface area contributed by atoms with Gasteiger partial charge in [0.2, 0.25) is 0 Å². The maximum absolute atomic E-state index is 9.31. The molecule has 0 amide bonds. The first-order chi connectivity index (χ1) is 10.2. The minimum Gasteiger partial charge on any atom is -0.496 e. The van der Waals surface area contributed by atoms with Gasteiger partial charge in [0.25, 0.3) is 0 Å². The minimum atomic E-state index is -0.0246. The van der Waals surface area contributed by atoms with Gasteiger partial charge >= 0.3 is 0 Å². The smallest absolute Gasteiger partial charge is 0.128 e. The van der Waals surface area contributed by atoms with Crippen LogP contribution < -0.4 is 9.47 Å². The normalized spacial score (nSPS) is 10.5. The van der Waals surface area contributed by atoms with Crippen LogP contribution in [-0.4, -0.2) is 18.8 Å². The summed E-state index contributed by atoms with van der Waals surface area (Å²) in [5, 5.41) is 9.31. The first kappa shape index (κ1) is 15.9. The third-order valence-corrected chi connectivity index (χ3v) is 3.76. The number of hydrogen-bond acceptors (Lipinski definition) is 3. The fraction of sp³-hybridized carbons (Fsp3) is 0.294. The highest BCUT2D eigenvalue weighted by Gasteiger charge is 2.16. The molecule has 0 spiro atoms. The molecule has 3 nitrogen and oxygen atoms in total. The third kappa shape index (κ3) is 3.57. The van der Waals surface area contributed by atoms with E-state index in [9.17, 15) is 5.11 Å². The Hall–Kier alpha value is -1.52. The summed E-state index contributed by atoms with van der Waals surface area (Å²) in [6.07, 6.45) is 0.954. The molecule has 0 aliphatic rings. The van der Waals surface area contributed by atoms with Crippen LogP contribution in [0.15, 0.2) is 40.9 Å². The quantitative estimate of drug-likeness (QED) is 0.838. The molecule has 0 atom stereocenters. The number of para-hydroxylation sites is 1. The second kappa shape index (κ2) is 7.48. The number of aliphatic hydroxyl groups excluding tert-OH is 1. The van der Waals surface area contributed by atoms with Crippen LogP contribution in [0.4, 0.5) is 0 Å². The van der Waals surface area contributed by atoms with E-state index in [1.165, 1.54) is 0 Å². The van der Waals surface area contributed by atoms with Crippen LogP contribution in [0.5, 0.6) is 11.5 Å². The van der Waals surface area contributed by atoms with Crippen LogP contribution in [0.2, 0.25) is 0 Å². The average molecular weight is 351 g/mol. The monoisotopic (exact) mass is 350 g/mol. The summed E-state index contributed by atoms with van der Waals surface area (Å²) in [5.74, 6) is 1.54. The topological polar surface area (TPSA) is 38.7 Å². The van der Waals surface area contributed by atoms with Gasteiger partial charge in [0.15, 0.2) is 0 Å². The van der Waals surface area contributed by atoms with Crippen LogP contribution in [0.1, 0.15) is 18.9 Å². The summed E-state index contributed by atoms with van der Waals surface area (Å²) in [5.41, 5.74) is 2.70. The highest BCUT2D eigenvalue weighted by molar-refractivity contribution is 9.10. The number of methoxy groups -OCH3 is 1. The summed E-state index contributed by atoms with van der Waals surface area (Å²) < 4.78 is 12.2. The van der Waals surface area contributed by atoms with E-state index in [-0.39, 0.29) is 6.61 Å². The maximum Gasteiger partial charge on any atom is 0.128 e. The van der Waals surface area contributed by atoms with Gasteiger partial charge in [-0.05, 0) is 30.2 Å². The molecule has 0 aliphatic carbocycles. The van der Waals surface area contributed by atoms with E-state index in [0.29, 0.717) is 12.4 Å². The molecule has 0 aliphatic heterocycles. The van der Waals surface area contributed by atoms with Gasteiger partial charge in [0.1, 0.15) is 11.5 Å². The summed E-state index contributed by atoms with van der Waals surface area (Å²) in [7, 11) is 1.63. The molecule has 0 fully saturated rings. The Balaban J connectivity index is 2.56. The summed E-state index contributed by atoms with van der Waals surface area (Å²) in [6.45, 7) is 2.73. The van der Waals surface area contributed by atoms with Gasteiger partial charge in [-0.25, -0.2) is 0 Å². The predicted octanol–water partition coefficient (Wildman–Crippen LogP) is 4.41. The van der Waals surface area contributed by atoms with E-state index < -0.39 is 0 Å². The molecule has 0 saturated carbocycles. The highest BCUT2D eigenvalue weighted by atomic mass is 79.9. The average Bonchev–Trinajstić information content (AvgIpc) is 2.52. The number of halogens is 1. The molecule has 21 heavy (non-hydrogen) atoms. The molecule has 0 aromatic heterocycles. The molecule has 0 unspecified atom stereocenters. The van der Waals surface area contributed by atoms with Gasteiger partial charge in [-0.15, -0.1) is 0 Å². The van der Waals surface area contributed by atoms with Crippen LogP contribution >= 0.6 is 15.9 Å². The zero-order valence-corrected chi connectivity index (χ0v) is 13.8. The van der Waals surface area contributed by atoms with E-state index >= 15 is 0 Å². The third-order valence-electron chi connectivity index (χ3n) is 3.13. The van der Waals surface area contributed by atoms with Crippen molar-refractivity contribution >= 4 is 15.9 Å². The summed E-state index contributed by atoms with van der Waals surface area (Å²) in [6, 6.07) is 11.6. The van der Waals surface area contributed by atoms with Crippen LogP contribution in [0.3, 0.4) is 0 Å². The Morgan fingerprint density at radius 2 is 1.90 bits per heavy atom. The Morgan fingerprint density at radius 1 is 1.14 bits per heavy atom. The number of benzene rings is 2.